The lowest BCUT2D eigenvalue weighted by molar-refractivity contribution is -0.111. The Morgan fingerprint density at radius 1 is 0.853 bits per heavy atom. The van der Waals surface area contributed by atoms with Crippen LogP contribution in [0.4, 0.5) is 14.5 Å². The van der Waals surface area contributed by atoms with Gasteiger partial charge < -0.3 is 5.32 Å². The fraction of sp³-hybridized carbons (Fsp3) is 0.103. The van der Waals surface area contributed by atoms with Crippen molar-refractivity contribution in [2.45, 2.75) is 11.8 Å². The largest absolute Gasteiger partial charge is 0.323 e. The summed E-state index contributed by atoms with van der Waals surface area (Å²) in [5.41, 5.74) is 4.21. The molecule has 1 aromatic heterocycles. The fourth-order valence-corrected chi connectivity index (χ4v) is 4.51. The average molecular weight is 453 g/mol. The van der Waals surface area contributed by atoms with Crippen LogP contribution in [-0.2, 0) is 10.2 Å². The van der Waals surface area contributed by atoms with Crippen LogP contribution in [0.1, 0.15) is 17.5 Å². The van der Waals surface area contributed by atoms with Crippen molar-refractivity contribution in [2.75, 3.05) is 5.32 Å². The second kappa shape index (κ2) is 9.02. The molecule has 34 heavy (non-hydrogen) atoms. The minimum absolute atomic E-state index is 0.0436. The van der Waals surface area contributed by atoms with Gasteiger partial charge in [-0.3, -0.25) is 9.78 Å². The molecule has 0 bridgehead atoms. The van der Waals surface area contributed by atoms with Gasteiger partial charge in [0.2, 0.25) is 5.91 Å². The Balaban J connectivity index is 1.30. The maximum Gasteiger partial charge on any atom is 0.248 e. The van der Waals surface area contributed by atoms with Crippen molar-refractivity contribution in [3.8, 4) is 11.1 Å². The maximum absolute atomic E-state index is 13.5. The lowest BCUT2D eigenvalue weighted by Gasteiger charge is -2.18. The third-order valence-electron chi connectivity index (χ3n) is 6.36. The van der Waals surface area contributed by atoms with Crippen molar-refractivity contribution >= 4 is 11.6 Å². The number of hydrogen-bond donors (Lipinski definition) is 1. The van der Waals surface area contributed by atoms with E-state index < -0.39 is 5.41 Å². The predicted octanol–water partition coefficient (Wildman–Crippen LogP) is 6.53. The van der Waals surface area contributed by atoms with Crippen molar-refractivity contribution in [2.24, 2.45) is 5.92 Å². The highest BCUT2D eigenvalue weighted by atomic mass is 19.1. The summed E-state index contributed by atoms with van der Waals surface area (Å²) in [6, 6.07) is 24.2. The molecule has 3 nitrogen and oxygen atoms in total. The standard InChI is InChI=1S/C29H22F2N2O/c30-25-10-5-22(6-11-25)29(23-7-12-26(31)13-8-23)18-24(29)9-16-28(34)33-27-14-3-20(4-15-27)21-2-1-17-32-19-21/h1-17,19,24H,18H2,(H,33,34)/b16-9+/t24-/m1/s1. The zero-order chi connectivity index (χ0) is 23.5. The molecule has 1 amide bonds. The molecule has 1 fully saturated rings. The lowest BCUT2D eigenvalue weighted by Crippen LogP contribution is -2.13. The Morgan fingerprint density at radius 2 is 1.47 bits per heavy atom. The third-order valence-corrected chi connectivity index (χ3v) is 6.36. The number of allylic oxidation sites excluding steroid dienone is 1. The van der Waals surface area contributed by atoms with Gasteiger partial charge in [0.05, 0.1) is 0 Å². The van der Waals surface area contributed by atoms with Gasteiger partial charge in [0.25, 0.3) is 0 Å². The van der Waals surface area contributed by atoms with E-state index in [2.05, 4.69) is 10.3 Å². The molecule has 5 heteroatoms. The number of carbonyl (C=O) groups is 1. The average Bonchev–Trinajstić information content (AvgIpc) is 3.60. The summed E-state index contributed by atoms with van der Waals surface area (Å²) in [4.78, 5) is 16.7. The second-order valence-corrected chi connectivity index (χ2v) is 8.46. The van der Waals surface area contributed by atoms with Crippen LogP contribution in [0, 0.1) is 17.6 Å². The van der Waals surface area contributed by atoms with Gasteiger partial charge in [-0.2, -0.15) is 0 Å². The van der Waals surface area contributed by atoms with Crippen molar-refractivity contribution in [3.05, 3.63) is 132 Å². The van der Waals surface area contributed by atoms with Crippen LogP contribution >= 0.6 is 0 Å². The molecule has 0 radical (unpaired) electrons. The molecular formula is C29H22F2N2O. The monoisotopic (exact) mass is 452 g/mol. The summed E-state index contributed by atoms with van der Waals surface area (Å²) in [5, 5.41) is 2.89. The molecule has 1 heterocycles. The molecule has 168 valence electrons. The van der Waals surface area contributed by atoms with E-state index in [-0.39, 0.29) is 23.5 Å². The summed E-state index contributed by atoms with van der Waals surface area (Å²) in [5.74, 6) is -0.797. The Hall–Kier alpha value is -4.12. The summed E-state index contributed by atoms with van der Waals surface area (Å²) >= 11 is 0. The van der Waals surface area contributed by atoms with E-state index in [4.69, 9.17) is 0 Å². The van der Waals surface area contributed by atoms with Gasteiger partial charge in [0.1, 0.15) is 11.6 Å². The topological polar surface area (TPSA) is 42.0 Å². The smallest absolute Gasteiger partial charge is 0.248 e. The molecule has 0 spiro atoms. The number of rotatable bonds is 6. The quantitative estimate of drug-likeness (QED) is 0.338. The lowest BCUT2D eigenvalue weighted by atomic mass is 9.85. The third kappa shape index (κ3) is 4.37. The molecule has 5 rings (SSSR count). The number of amides is 1. The number of nitrogens with zero attached hydrogens (tertiary/aromatic N) is 1. The first-order chi connectivity index (χ1) is 16.5. The van der Waals surface area contributed by atoms with E-state index in [9.17, 15) is 13.6 Å². The van der Waals surface area contributed by atoms with E-state index in [1.807, 2.05) is 42.5 Å². The number of carbonyl (C=O) groups excluding carboxylic acids is 1. The summed E-state index contributed by atoms with van der Waals surface area (Å²) < 4.78 is 27.0. The highest BCUT2D eigenvalue weighted by molar-refractivity contribution is 5.99. The Labute approximate surface area is 196 Å². The molecule has 4 aromatic rings. The molecule has 0 saturated heterocycles. The number of hydrogen-bond acceptors (Lipinski definition) is 2. The maximum atomic E-state index is 13.5. The van der Waals surface area contributed by atoms with Crippen molar-refractivity contribution < 1.29 is 13.6 Å². The van der Waals surface area contributed by atoms with Crippen molar-refractivity contribution in [3.63, 3.8) is 0 Å². The van der Waals surface area contributed by atoms with Gasteiger partial charge in [0, 0.05) is 23.5 Å². The SMILES string of the molecule is O=C(/C=C/[C@@H]1CC1(c1ccc(F)cc1)c1ccc(F)cc1)Nc1ccc(-c2cccnc2)cc1. The van der Waals surface area contributed by atoms with Crippen LogP contribution < -0.4 is 5.32 Å². The Bertz CT molecular complexity index is 1270. The molecule has 1 aliphatic carbocycles. The van der Waals surface area contributed by atoms with Gasteiger partial charge in [-0.05, 0) is 83.1 Å². The van der Waals surface area contributed by atoms with E-state index >= 15 is 0 Å². The van der Waals surface area contributed by atoms with Crippen LogP contribution in [0.25, 0.3) is 11.1 Å². The van der Waals surface area contributed by atoms with Crippen LogP contribution in [0.5, 0.6) is 0 Å². The summed E-state index contributed by atoms with van der Waals surface area (Å²) in [7, 11) is 0. The highest BCUT2D eigenvalue weighted by Gasteiger charge is 2.55. The predicted molar refractivity (Wildman–Crippen MR) is 129 cm³/mol. The summed E-state index contributed by atoms with van der Waals surface area (Å²) in [6.45, 7) is 0. The minimum Gasteiger partial charge on any atom is -0.323 e. The van der Waals surface area contributed by atoms with E-state index in [1.165, 1.54) is 30.3 Å². The van der Waals surface area contributed by atoms with E-state index in [1.54, 1.807) is 36.7 Å². The highest BCUT2D eigenvalue weighted by Crippen LogP contribution is 2.59. The number of benzene rings is 3. The number of aromatic nitrogens is 1. The normalized spacial score (nSPS) is 16.4. The molecule has 1 aliphatic rings. The summed E-state index contributed by atoms with van der Waals surface area (Å²) in [6.07, 6.45) is 7.69. The molecule has 3 aromatic carbocycles. The first kappa shape index (κ1) is 21.7. The number of halogens is 2. The van der Waals surface area contributed by atoms with Gasteiger partial charge in [-0.15, -0.1) is 0 Å². The first-order valence-corrected chi connectivity index (χ1v) is 11.1. The zero-order valence-electron chi connectivity index (χ0n) is 18.3. The van der Waals surface area contributed by atoms with Gasteiger partial charge in [-0.1, -0.05) is 48.5 Å². The molecule has 0 unspecified atom stereocenters. The molecular weight excluding hydrogens is 430 g/mol. The van der Waals surface area contributed by atoms with Crippen LogP contribution in [-0.4, -0.2) is 10.9 Å². The van der Waals surface area contributed by atoms with Crippen LogP contribution in [0.3, 0.4) is 0 Å². The zero-order valence-corrected chi connectivity index (χ0v) is 18.3. The first-order valence-electron chi connectivity index (χ1n) is 11.1. The molecule has 1 saturated carbocycles. The number of pyridine rings is 1. The molecule has 0 aliphatic heterocycles. The van der Waals surface area contributed by atoms with E-state index in [0.717, 1.165) is 28.7 Å². The molecule has 1 N–H and O–H groups in total. The van der Waals surface area contributed by atoms with Crippen molar-refractivity contribution in [1.82, 2.24) is 4.98 Å². The number of nitrogens with one attached hydrogen (secondary N) is 1. The van der Waals surface area contributed by atoms with Gasteiger partial charge in [0.15, 0.2) is 0 Å². The second-order valence-electron chi connectivity index (χ2n) is 8.46. The van der Waals surface area contributed by atoms with Gasteiger partial charge >= 0.3 is 0 Å². The number of anilines is 1. The van der Waals surface area contributed by atoms with Crippen LogP contribution in [0.2, 0.25) is 0 Å². The fourth-order valence-electron chi connectivity index (χ4n) is 4.51. The van der Waals surface area contributed by atoms with Gasteiger partial charge in [-0.25, -0.2) is 8.78 Å². The van der Waals surface area contributed by atoms with E-state index in [0.29, 0.717) is 5.69 Å². The molecule has 1 atom stereocenters. The van der Waals surface area contributed by atoms with Crippen LogP contribution in [0.15, 0.2) is 109 Å². The Morgan fingerprint density at radius 3 is 2.03 bits per heavy atom. The Kier molecular flexibility index (Phi) is 5.76. The minimum atomic E-state index is -0.399. The van der Waals surface area contributed by atoms with Crippen molar-refractivity contribution in [1.29, 1.82) is 0 Å².